The summed E-state index contributed by atoms with van der Waals surface area (Å²) in [7, 11) is 0.598. The van der Waals surface area contributed by atoms with E-state index < -0.39 is 10.0 Å². The third-order valence-electron chi connectivity index (χ3n) is 2.54. The summed E-state index contributed by atoms with van der Waals surface area (Å²) in [4.78, 5) is 0.0566. The molecule has 0 radical (unpaired) electrons. The van der Waals surface area contributed by atoms with Gasteiger partial charge in [0.15, 0.2) is 11.5 Å². The zero-order chi connectivity index (χ0) is 14.6. The Balaban J connectivity index is 3.35. The molecule has 0 atom stereocenters. The fourth-order valence-electron chi connectivity index (χ4n) is 1.46. The molecule has 0 aromatic heterocycles. The Morgan fingerprint density at radius 1 is 1.26 bits per heavy atom. The SMILES string of the molecule is COc1cc(Br)c(S(=O)(=O)N(C)CCO)cc1OC. The lowest BCUT2D eigenvalue weighted by molar-refractivity contribution is 0.266. The first kappa shape index (κ1) is 16.2. The van der Waals surface area contributed by atoms with Crippen LogP contribution in [0.15, 0.2) is 21.5 Å². The highest BCUT2D eigenvalue weighted by Crippen LogP contribution is 2.36. The average molecular weight is 354 g/mol. The average Bonchev–Trinajstić information content (AvgIpc) is 2.38. The quantitative estimate of drug-likeness (QED) is 0.827. The minimum Gasteiger partial charge on any atom is -0.493 e. The monoisotopic (exact) mass is 353 g/mol. The van der Waals surface area contributed by atoms with E-state index in [1.54, 1.807) is 0 Å². The van der Waals surface area contributed by atoms with Crippen LogP contribution in [-0.2, 0) is 10.0 Å². The molecular formula is C11H16BrNO5S. The molecule has 0 aliphatic heterocycles. The lowest BCUT2D eigenvalue weighted by atomic mass is 10.3. The van der Waals surface area contributed by atoms with Crippen molar-refractivity contribution in [1.29, 1.82) is 0 Å². The molecule has 1 aromatic carbocycles. The van der Waals surface area contributed by atoms with Crippen molar-refractivity contribution in [1.82, 2.24) is 4.31 Å². The van der Waals surface area contributed by atoms with Crippen LogP contribution in [0.1, 0.15) is 0 Å². The molecule has 1 rings (SSSR count). The maximum absolute atomic E-state index is 12.3. The van der Waals surface area contributed by atoms with Crippen LogP contribution in [0.3, 0.4) is 0 Å². The summed E-state index contributed by atoms with van der Waals surface area (Å²) in [5, 5.41) is 8.84. The molecule has 0 unspecified atom stereocenters. The topological polar surface area (TPSA) is 76.1 Å². The molecular weight excluding hydrogens is 338 g/mol. The number of aliphatic hydroxyl groups excluding tert-OH is 1. The minimum atomic E-state index is -3.70. The van der Waals surface area contributed by atoms with Crippen LogP contribution < -0.4 is 9.47 Å². The lowest BCUT2D eigenvalue weighted by Crippen LogP contribution is -2.29. The van der Waals surface area contributed by atoms with E-state index in [4.69, 9.17) is 14.6 Å². The van der Waals surface area contributed by atoms with E-state index >= 15 is 0 Å². The Morgan fingerprint density at radius 3 is 2.26 bits per heavy atom. The molecule has 0 fully saturated rings. The molecule has 0 saturated carbocycles. The standard InChI is InChI=1S/C11H16BrNO5S/c1-13(4-5-14)19(15,16)11-7-10(18-3)9(17-2)6-8(11)12/h6-7,14H,4-5H2,1-3H3. The predicted octanol–water partition coefficient (Wildman–Crippen LogP) is 1.08. The van der Waals surface area contributed by atoms with Gasteiger partial charge in [0.25, 0.3) is 0 Å². The van der Waals surface area contributed by atoms with E-state index in [-0.39, 0.29) is 18.0 Å². The summed E-state index contributed by atoms with van der Waals surface area (Å²) in [6, 6.07) is 2.91. The van der Waals surface area contributed by atoms with Crippen molar-refractivity contribution in [3.05, 3.63) is 16.6 Å². The molecule has 0 aliphatic carbocycles. The minimum absolute atomic E-state index is 0.0170. The van der Waals surface area contributed by atoms with Crippen molar-refractivity contribution in [2.75, 3.05) is 34.4 Å². The predicted molar refractivity (Wildman–Crippen MR) is 74.1 cm³/mol. The van der Waals surface area contributed by atoms with Gasteiger partial charge in [0.05, 0.1) is 20.8 Å². The van der Waals surface area contributed by atoms with Gasteiger partial charge in [0.1, 0.15) is 4.90 Å². The summed E-state index contributed by atoms with van der Waals surface area (Å²) >= 11 is 3.20. The maximum Gasteiger partial charge on any atom is 0.244 e. The molecule has 0 spiro atoms. The van der Waals surface area contributed by atoms with Crippen LogP contribution in [0.5, 0.6) is 11.5 Å². The third kappa shape index (κ3) is 3.38. The number of nitrogens with zero attached hydrogens (tertiary/aromatic N) is 1. The second-order valence-corrected chi connectivity index (χ2v) is 6.56. The molecule has 6 nitrogen and oxygen atoms in total. The number of hydrogen-bond acceptors (Lipinski definition) is 5. The summed E-state index contributed by atoms with van der Waals surface area (Å²) in [5.41, 5.74) is 0. The van der Waals surface area contributed by atoms with Crippen molar-refractivity contribution in [3.63, 3.8) is 0 Å². The van der Waals surface area contributed by atoms with Crippen LogP contribution in [0.25, 0.3) is 0 Å². The number of ether oxygens (including phenoxy) is 2. The Kier molecular flexibility index (Phi) is 5.60. The van der Waals surface area contributed by atoms with Crippen molar-refractivity contribution in [2.45, 2.75) is 4.90 Å². The van der Waals surface area contributed by atoms with E-state index in [0.29, 0.717) is 16.0 Å². The van der Waals surface area contributed by atoms with E-state index in [1.165, 1.54) is 33.4 Å². The largest absolute Gasteiger partial charge is 0.493 e. The number of hydrogen-bond donors (Lipinski definition) is 1. The van der Waals surface area contributed by atoms with Gasteiger partial charge in [-0.25, -0.2) is 8.42 Å². The summed E-state index contributed by atoms with van der Waals surface area (Å²) in [6.07, 6.45) is 0. The van der Waals surface area contributed by atoms with Gasteiger partial charge in [-0.05, 0) is 22.0 Å². The number of benzene rings is 1. The number of aliphatic hydroxyl groups is 1. The van der Waals surface area contributed by atoms with Crippen LogP contribution in [-0.4, -0.2) is 52.2 Å². The van der Waals surface area contributed by atoms with Crippen molar-refractivity contribution in [3.8, 4) is 11.5 Å². The van der Waals surface area contributed by atoms with Gasteiger partial charge in [-0.2, -0.15) is 4.31 Å². The highest BCUT2D eigenvalue weighted by atomic mass is 79.9. The van der Waals surface area contributed by atoms with E-state index in [0.717, 1.165) is 4.31 Å². The Bertz CT molecular complexity index is 546. The third-order valence-corrected chi connectivity index (χ3v) is 5.36. The summed E-state index contributed by atoms with van der Waals surface area (Å²) < 4.78 is 36.2. The van der Waals surface area contributed by atoms with Crippen molar-refractivity contribution < 1.29 is 23.0 Å². The van der Waals surface area contributed by atoms with E-state index in [2.05, 4.69) is 15.9 Å². The second kappa shape index (κ2) is 6.56. The zero-order valence-corrected chi connectivity index (χ0v) is 13.3. The number of methoxy groups -OCH3 is 2. The molecule has 8 heteroatoms. The molecule has 0 amide bonds. The molecule has 108 valence electrons. The van der Waals surface area contributed by atoms with E-state index in [9.17, 15) is 8.42 Å². The second-order valence-electron chi connectivity index (χ2n) is 3.69. The van der Waals surface area contributed by atoms with Crippen LogP contribution in [0.2, 0.25) is 0 Å². The highest BCUT2D eigenvalue weighted by molar-refractivity contribution is 9.10. The maximum atomic E-state index is 12.3. The molecule has 0 heterocycles. The Hall–Kier alpha value is -0.830. The zero-order valence-electron chi connectivity index (χ0n) is 10.9. The number of likely N-dealkylation sites (N-methyl/N-ethyl adjacent to an activating group) is 1. The van der Waals surface area contributed by atoms with Gasteiger partial charge >= 0.3 is 0 Å². The molecule has 0 aliphatic rings. The first-order valence-corrected chi connectivity index (χ1v) is 7.60. The van der Waals surface area contributed by atoms with Gasteiger partial charge in [-0.3, -0.25) is 0 Å². The lowest BCUT2D eigenvalue weighted by Gasteiger charge is -2.18. The smallest absolute Gasteiger partial charge is 0.244 e. The normalized spacial score (nSPS) is 11.7. The Labute approximate surface area is 121 Å². The van der Waals surface area contributed by atoms with Crippen LogP contribution in [0.4, 0.5) is 0 Å². The molecule has 0 bridgehead atoms. The fourth-order valence-corrected chi connectivity index (χ4v) is 3.62. The number of sulfonamides is 1. The first-order chi connectivity index (χ1) is 8.88. The van der Waals surface area contributed by atoms with Gasteiger partial charge in [-0.15, -0.1) is 0 Å². The fraction of sp³-hybridized carbons (Fsp3) is 0.455. The summed E-state index contributed by atoms with van der Waals surface area (Å²) in [6.45, 7) is -0.232. The van der Waals surface area contributed by atoms with Crippen molar-refractivity contribution >= 4 is 26.0 Å². The number of rotatable bonds is 6. The van der Waals surface area contributed by atoms with Gasteiger partial charge in [0.2, 0.25) is 10.0 Å². The Morgan fingerprint density at radius 2 is 1.79 bits per heavy atom. The molecule has 1 N–H and O–H groups in total. The van der Waals surface area contributed by atoms with Crippen molar-refractivity contribution in [2.24, 2.45) is 0 Å². The highest BCUT2D eigenvalue weighted by Gasteiger charge is 2.25. The van der Waals surface area contributed by atoms with Crippen LogP contribution >= 0.6 is 15.9 Å². The number of halogens is 1. The molecule has 1 aromatic rings. The van der Waals surface area contributed by atoms with Crippen LogP contribution in [0, 0.1) is 0 Å². The van der Waals surface area contributed by atoms with Gasteiger partial charge < -0.3 is 14.6 Å². The molecule has 0 saturated heterocycles. The molecule has 19 heavy (non-hydrogen) atoms. The van der Waals surface area contributed by atoms with Gasteiger partial charge in [-0.1, -0.05) is 0 Å². The van der Waals surface area contributed by atoms with Gasteiger partial charge in [0, 0.05) is 24.1 Å². The van der Waals surface area contributed by atoms with E-state index in [1.807, 2.05) is 0 Å². The summed E-state index contributed by atoms with van der Waals surface area (Å²) in [5.74, 6) is 0.750. The first-order valence-electron chi connectivity index (χ1n) is 5.37.